The number of aromatic nitrogens is 1. The zero-order valence-corrected chi connectivity index (χ0v) is 16.0. The topological polar surface area (TPSA) is 73.0 Å². The van der Waals surface area contributed by atoms with Gasteiger partial charge in [-0.05, 0) is 53.2 Å². The minimum Gasteiger partial charge on any atom is -0.383 e. The second-order valence-electron chi connectivity index (χ2n) is 5.15. The molecule has 0 spiro atoms. The number of benzene rings is 2. The molecule has 3 rings (SSSR count). The van der Waals surface area contributed by atoms with Gasteiger partial charge in [0.15, 0.2) is 0 Å². The molecule has 0 atom stereocenters. The average Bonchev–Trinajstić information content (AvgIpc) is 2.48. The van der Waals surface area contributed by atoms with E-state index in [1.165, 1.54) is 0 Å². The molecule has 0 radical (unpaired) electrons. The van der Waals surface area contributed by atoms with E-state index in [1.807, 2.05) is 13.0 Å². The van der Waals surface area contributed by atoms with E-state index in [1.54, 1.807) is 36.4 Å². The highest BCUT2D eigenvalue weighted by Crippen LogP contribution is 2.33. The summed E-state index contributed by atoms with van der Waals surface area (Å²) in [5.41, 5.74) is 7.53. The highest BCUT2D eigenvalue weighted by molar-refractivity contribution is 9.11. The van der Waals surface area contributed by atoms with Crippen molar-refractivity contribution in [3.05, 3.63) is 57.0 Å². The first-order valence-electron chi connectivity index (χ1n) is 6.66. The first-order valence-corrected chi connectivity index (χ1v) is 9.73. The molecule has 0 saturated heterocycles. The number of anilines is 1. The molecule has 0 aliphatic rings. The van der Waals surface area contributed by atoms with Gasteiger partial charge in [-0.1, -0.05) is 33.6 Å². The molecule has 3 aromatic rings. The number of fused-ring (bicyclic) bond motifs is 1. The molecule has 0 saturated carbocycles. The number of aryl methyl sites for hydroxylation is 1. The largest absolute Gasteiger partial charge is 0.383 e. The summed E-state index contributed by atoms with van der Waals surface area (Å²) in [6.07, 6.45) is 0. The van der Waals surface area contributed by atoms with E-state index in [0.29, 0.717) is 10.9 Å². The van der Waals surface area contributed by atoms with Gasteiger partial charge in [-0.15, -0.1) is 0 Å². The van der Waals surface area contributed by atoms with Gasteiger partial charge in [0.25, 0.3) is 0 Å². The fraction of sp³-hybridized carbons (Fsp3) is 0.0625. The molecule has 2 aromatic carbocycles. The van der Waals surface area contributed by atoms with E-state index in [-0.39, 0.29) is 15.6 Å². The Labute approximate surface area is 150 Å². The van der Waals surface area contributed by atoms with Crippen LogP contribution in [0.3, 0.4) is 0 Å². The van der Waals surface area contributed by atoms with Crippen LogP contribution in [0.15, 0.2) is 61.2 Å². The number of sulfone groups is 1. The smallest absolute Gasteiger partial charge is 0.210 e. The average molecular weight is 456 g/mol. The number of hydrogen-bond donors (Lipinski definition) is 1. The predicted molar refractivity (Wildman–Crippen MR) is 98.2 cm³/mol. The van der Waals surface area contributed by atoms with Crippen molar-refractivity contribution < 1.29 is 8.42 Å². The summed E-state index contributed by atoms with van der Waals surface area (Å²) in [5, 5.41) is 0.686. The summed E-state index contributed by atoms with van der Waals surface area (Å²) in [6.45, 7) is 1.90. The first kappa shape index (κ1) is 16.4. The van der Waals surface area contributed by atoms with E-state index in [0.717, 1.165) is 14.5 Å². The summed E-state index contributed by atoms with van der Waals surface area (Å²) < 4.78 is 27.2. The number of pyridine rings is 1. The van der Waals surface area contributed by atoms with Crippen LogP contribution < -0.4 is 5.73 Å². The molecule has 23 heavy (non-hydrogen) atoms. The molecule has 2 N–H and O–H groups in total. The summed E-state index contributed by atoms with van der Waals surface area (Å²) in [6, 6.07) is 11.9. The van der Waals surface area contributed by atoms with Crippen molar-refractivity contribution >= 4 is 58.4 Å². The van der Waals surface area contributed by atoms with Gasteiger partial charge in [0, 0.05) is 14.3 Å². The van der Waals surface area contributed by atoms with Crippen molar-refractivity contribution in [3.63, 3.8) is 0 Å². The molecule has 0 unspecified atom stereocenters. The second kappa shape index (κ2) is 5.89. The van der Waals surface area contributed by atoms with Gasteiger partial charge in [0.2, 0.25) is 9.84 Å². The highest BCUT2D eigenvalue weighted by atomic mass is 79.9. The van der Waals surface area contributed by atoms with Crippen molar-refractivity contribution in [1.82, 2.24) is 4.98 Å². The molecule has 0 aliphatic heterocycles. The number of halogens is 2. The van der Waals surface area contributed by atoms with Crippen LogP contribution >= 0.6 is 31.9 Å². The van der Waals surface area contributed by atoms with Crippen molar-refractivity contribution in [2.45, 2.75) is 16.7 Å². The van der Waals surface area contributed by atoms with Crippen molar-refractivity contribution in [2.24, 2.45) is 0 Å². The lowest BCUT2D eigenvalue weighted by atomic mass is 10.2. The molecular weight excluding hydrogens is 444 g/mol. The molecule has 118 valence electrons. The van der Waals surface area contributed by atoms with E-state index < -0.39 is 9.84 Å². The van der Waals surface area contributed by atoms with Crippen LogP contribution in [0.5, 0.6) is 0 Å². The molecule has 0 bridgehead atoms. The molecule has 7 heteroatoms. The Bertz CT molecular complexity index is 1020. The lowest BCUT2D eigenvalue weighted by Crippen LogP contribution is -2.07. The Balaban J connectivity index is 2.27. The number of hydrogen-bond acceptors (Lipinski definition) is 4. The monoisotopic (exact) mass is 454 g/mol. The first-order chi connectivity index (χ1) is 10.8. The Hall–Kier alpha value is -1.44. The normalized spacial score (nSPS) is 11.8. The van der Waals surface area contributed by atoms with E-state index in [4.69, 9.17) is 5.73 Å². The van der Waals surface area contributed by atoms with Crippen LogP contribution in [0.1, 0.15) is 5.56 Å². The molecule has 1 aromatic heterocycles. The Morgan fingerprint density at radius 3 is 2.35 bits per heavy atom. The highest BCUT2D eigenvalue weighted by Gasteiger charge is 2.22. The Kier molecular flexibility index (Phi) is 4.20. The van der Waals surface area contributed by atoms with Gasteiger partial charge in [0.05, 0.1) is 10.4 Å². The van der Waals surface area contributed by atoms with Crippen LogP contribution in [0.4, 0.5) is 5.82 Å². The maximum absolute atomic E-state index is 12.8. The van der Waals surface area contributed by atoms with E-state index in [2.05, 4.69) is 36.8 Å². The van der Waals surface area contributed by atoms with Crippen molar-refractivity contribution in [1.29, 1.82) is 0 Å². The lowest BCUT2D eigenvalue weighted by Gasteiger charge is -2.10. The molecule has 1 heterocycles. The van der Waals surface area contributed by atoms with Gasteiger partial charge >= 0.3 is 0 Å². The predicted octanol–water partition coefficient (Wildman–Crippen LogP) is 4.48. The third-order valence-electron chi connectivity index (χ3n) is 3.45. The SMILES string of the molecule is Cc1ccc(S(=O)(=O)c2cc3cc(Br)cc(Br)c3nc2N)cc1. The maximum atomic E-state index is 12.8. The van der Waals surface area contributed by atoms with Crippen LogP contribution in [0.25, 0.3) is 10.9 Å². The van der Waals surface area contributed by atoms with Gasteiger partial charge in [-0.25, -0.2) is 13.4 Å². The van der Waals surface area contributed by atoms with Crippen LogP contribution in [0.2, 0.25) is 0 Å². The molecule has 0 fully saturated rings. The zero-order valence-electron chi connectivity index (χ0n) is 12.0. The van der Waals surface area contributed by atoms with Crippen molar-refractivity contribution in [2.75, 3.05) is 5.73 Å². The van der Waals surface area contributed by atoms with E-state index in [9.17, 15) is 8.42 Å². The summed E-state index contributed by atoms with van der Waals surface area (Å²) in [7, 11) is -3.72. The molecular formula is C16H12Br2N2O2S. The fourth-order valence-corrected chi connectivity index (χ4v) is 4.96. The lowest BCUT2D eigenvalue weighted by molar-refractivity contribution is 0.596. The Morgan fingerprint density at radius 1 is 1.04 bits per heavy atom. The van der Waals surface area contributed by atoms with Crippen molar-refractivity contribution in [3.8, 4) is 0 Å². The minimum atomic E-state index is -3.72. The fourth-order valence-electron chi connectivity index (χ4n) is 2.26. The maximum Gasteiger partial charge on any atom is 0.210 e. The van der Waals surface area contributed by atoms with Crippen LogP contribution in [-0.4, -0.2) is 13.4 Å². The quantitative estimate of drug-likeness (QED) is 0.618. The standard InChI is InChI=1S/C16H12Br2N2O2S/c1-9-2-4-12(5-3-9)23(21,22)14-7-10-6-11(17)8-13(18)15(10)20-16(14)19/h2-8H,1H3,(H2,19,20). The van der Waals surface area contributed by atoms with Gasteiger partial charge in [0.1, 0.15) is 10.7 Å². The second-order valence-corrected chi connectivity index (χ2v) is 8.84. The summed E-state index contributed by atoms with van der Waals surface area (Å²) in [4.78, 5) is 4.47. The number of rotatable bonds is 2. The van der Waals surface area contributed by atoms with E-state index >= 15 is 0 Å². The van der Waals surface area contributed by atoms with Crippen LogP contribution in [-0.2, 0) is 9.84 Å². The van der Waals surface area contributed by atoms with Gasteiger partial charge in [-0.3, -0.25) is 0 Å². The number of nitrogens with zero attached hydrogens (tertiary/aromatic N) is 1. The zero-order chi connectivity index (χ0) is 16.8. The molecule has 0 amide bonds. The number of nitrogens with two attached hydrogens (primary N) is 1. The van der Waals surface area contributed by atoms with Gasteiger partial charge in [-0.2, -0.15) is 0 Å². The summed E-state index contributed by atoms with van der Waals surface area (Å²) >= 11 is 6.80. The Morgan fingerprint density at radius 2 is 1.70 bits per heavy atom. The summed E-state index contributed by atoms with van der Waals surface area (Å²) in [5.74, 6) is -0.0129. The minimum absolute atomic E-state index is 0.0128. The third-order valence-corrected chi connectivity index (χ3v) is 6.31. The molecule has 0 aliphatic carbocycles. The van der Waals surface area contributed by atoms with Gasteiger partial charge < -0.3 is 5.73 Å². The third kappa shape index (κ3) is 3.00. The van der Waals surface area contributed by atoms with Crippen LogP contribution in [0, 0.1) is 6.92 Å². The number of nitrogen functional groups attached to an aromatic ring is 1. The molecule has 4 nitrogen and oxygen atoms in total.